The molecule has 0 aliphatic carbocycles. The van der Waals surface area contributed by atoms with Crippen LogP contribution in [0.5, 0.6) is 0 Å². The molecule has 1 aromatic carbocycles. The first kappa shape index (κ1) is 22.1. The largest absolute Gasteiger partial charge is 0.483 e. The first-order chi connectivity index (χ1) is 12.9. The number of carbonyl (C=O) groups excluding carboxylic acids is 1. The molecule has 1 aromatic heterocycles. The number of carboxylic acid groups (broad SMARTS) is 1. The number of aromatic nitrogens is 2. The molecule has 9 heteroatoms. The predicted molar refractivity (Wildman–Crippen MR) is 101 cm³/mol. The molecule has 2 N–H and O–H groups in total. The Morgan fingerprint density at radius 3 is 2.44 bits per heavy atom. The number of carbonyl (C=O) groups is 2. The third-order valence-corrected chi connectivity index (χ3v) is 3.61. The first-order valence-electron chi connectivity index (χ1n) is 8.53. The van der Waals surface area contributed by atoms with Gasteiger partial charge in [-0.1, -0.05) is 25.1 Å². The van der Waals surface area contributed by atoms with Gasteiger partial charge in [0.2, 0.25) is 11.8 Å². The monoisotopic (exact) mass is 377 g/mol. The lowest BCUT2D eigenvalue weighted by molar-refractivity contribution is -0.122. The molecule has 0 aliphatic heterocycles. The molecule has 0 radical (unpaired) electrons. The van der Waals surface area contributed by atoms with Crippen LogP contribution in [0.15, 0.2) is 34.7 Å². The van der Waals surface area contributed by atoms with Gasteiger partial charge in [0.1, 0.15) is 6.54 Å². The molecule has 27 heavy (non-hydrogen) atoms. The second-order valence-electron chi connectivity index (χ2n) is 6.15. The van der Waals surface area contributed by atoms with Crippen molar-refractivity contribution in [2.75, 3.05) is 27.7 Å². The Morgan fingerprint density at radius 2 is 1.89 bits per heavy atom. The van der Waals surface area contributed by atoms with E-state index in [1.165, 1.54) is 0 Å². The molecule has 2 aromatic rings. The number of nitrogens with zero attached hydrogens (tertiary/aromatic N) is 4. The highest BCUT2D eigenvalue weighted by atomic mass is 16.4. The van der Waals surface area contributed by atoms with Crippen molar-refractivity contribution in [3.8, 4) is 11.5 Å². The quantitative estimate of drug-likeness (QED) is 0.709. The summed E-state index contributed by atoms with van der Waals surface area (Å²) >= 11 is 0. The van der Waals surface area contributed by atoms with Crippen LogP contribution in [0, 0.1) is 0 Å². The van der Waals surface area contributed by atoms with E-state index in [1.807, 2.05) is 44.4 Å². The van der Waals surface area contributed by atoms with Gasteiger partial charge in [-0.15, -0.1) is 10.2 Å². The highest BCUT2D eigenvalue weighted by Gasteiger charge is 2.17. The van der Waals surface area contributed by atoms with Crippen molar-refractivity contribution < 1.29 is 19.1 Å². The van der Waals surface area contributed by atoms with E-state index >= 15 is 0 Å². The summed E-state index contributed by atoms with van der Waals surface area (Å²) in [5, 5.41) is 18.0. The van der Waals surface area contributed by atoms with Crippen LogP contribution >= 0.6 is 0 Å². The smallest absolute Gasteiger partial charge is 0.317 e. The minimum Gasteiger partial charge on any atom is -0.483 e. The van der Waals surface area contributed by atoms with E-state index in [1.54, 1.807) is 11.9 Å². The van der Waals surface area contributed by atoms with E-state index in [4.69, 9.17) is 14.3 Å². The van der Waals surface area contributed by atoms with Crippen LogP contribution < -0.4 is 5.32 Å². The highest BCUT2D eigenvalue weighted by Crippen LogP contribution is 2.17. The molecule has 2 amide bonds. The van der Waals surface area contributed by atoms with Crippen molar-refractivity contribution in [2.45, 2.75) is 25.9 Å². The van der Waals surface area contributed by atoms with E-state index in [-0.39, 0.29) is 25.1 Å². The van der Waals surface area contributed by atoms with Crippen molar-refractivity contribution in [2.24, 2.45) is 0 Å². The Kier molecular flexibility index (Phi) is 9.52. The Bertz CT molecular complexity index is 690. The summed E-state index contributed by atoms with van der Waals surface area (Å²) < 4.78 is 5.63. The average Bonchev–Trinajstić information content (AvgIpc) is 3.10. The Labute approximate surface area is 159 Å². The fraction of sp³-hybridized carbons (Fsp3) is 0.444. The fourth-order valence-corrected chi connectivity index (χ4v) is 2.29. The molecule has 148 valence electrons. The molecule has 9 nitrogen and oxygen atoms in total. The molecular weight excluding hydrogens is 350 g/mol. The lowest BCUT2D eigenvalue weighted by atomic mass is 10.2. The van der Waals surface area contributed by atoms with Gasteiger partial charge in [0.25, 0.3) is 6.47 Å². The third kappa shape index (κ3) is 7.87. The van der Waals surface area contributed by atoms with Crippen LogP contribution in [0.2, 0.25) is 0 Å². The van der Waals surface area contributed by atoms with Crippen LogP contribution in [0.4, 0.5) is 4.79 Å². The topological polar surface area (TPSA) is 112 Å². The van der Waals surface area contributed by atoms with E-state index < -0.39 is 0 Å². The Hall–Kier alpha value is -2.94. The predicted octanol–water partition coefficient (Wildman–Crippen LogP) is 1.92. The minimum absolute atomic E-state index is 0.109. The van der Waals surface area contributed by atoms with Crippen LogP contribution in [0.1, 0.15) is 19.2 Å². The number of amides is 2. The number of urea groups is 1. The van der Waals surface area contributed by atoms with Crippen molar-refractivity contribution >= 4 is 12.5 Å². The van der Waals surface area contributed by atoms with Crippen molar-refractivity contribution in [1.82, 2.24) is 25.3 Å². The number of benzene rings is 1. The van der Waals surface area contributed by atoms with Crippen LogP contribution in [-0.4, -0.2) is 71.3 Å². The van der Waals surface area contributed by atoms with Gasteiger partial charge in [-0.2, -0.15) is 0 Å². The van der Waals surface area contributed by atoms with Crippen molar-refractivity contribution in [1.29, 1.82) is 0 Å². The summed E-state index contributed by atoms with van der Waals surface area (Å²) in [6.07, 6.45) is 0.872. The maximum atomic E-state index is 12.3. The lowest BCUT2D eigenvalue weighted by Crippen LogP contribution is -2.46. The zero-order valence-corrected chi connectivity index (χ0v) is 16.1. The molecule has 0 bridgehead atoms. The molecule has 1 unspecified atom stereocenters. The van der Waals surface area contributed by atoms with Gasteiger partial charge in [0.15, 0.2) is 0 Å². The molecule has 0 saturated carbocycles. The van der Waals surface area contributed by atoms with Gasteiger partial charge in [0, 0.05) is 25.2 Å². The second-order valence-corrected chi connectivity index (χ2v) is 6.15. The fourth-order valence-electron chi connectivity index (χ4n) is 2.29. The maximum absolute atomic E-state index is 12.3. The van der Waals surface area contributed by atoms with Crippen molar-refractivity contribution in [3.05, 3.63) is 36.2 Å². The maximum Gasteiger partial charge on any atom is 0.317 e. The molecule has 1 atom stereocenters. The van der Waals surface area contributed by atoms with E-state index in [0.717, 1.165) is 18.5 Å². The van der Waals surface area contributed by atoms with Gasteiger partial charge >= 0.3 is 6.03 Å². The zero-order chi connectivity index (χ0) is 20.2. The summed E-state index contributed by atoms with van der Waals surface area (Å²) in [5.41, 5.74) is 0.861. The molecule has 0 saturated heterocycles. The van der Waals surface area contributed by atoms with Crippen molar-refractivity contribution in [3.63, 3.8) is 0 Å². The Balaban J connectivity index is 0.00000114. The molecule has 0 fully saturated rings. The number of rotatable bonds is 7. The summed E-state index contributed by atoms with van der Waals surface area (Å²) in [6.45, 7) is 2.87. The third-order valence-electron chi connectivity index (χ3n) is 3.61. The molecule has 1 heterocycles. The van der Waals surface area contributed by atoms with Gasteiger partial charge in [0.05, 0.1) is 0 Å². The van der Waals surface area contributed by atoms with Crippen LogP contribution in [-0.2, 0) is 11.3 Å². The molecule has 2 rings (SSSR count). The summed E-state index contributed by atoms with van der Waals surface area (Å²) in [7, 11) is 5.69. The molecule has 0 spiro atoms. The first-order valence-corrected chi connectivity index (χ1v) is 8.53. The molecule has 0 aliphatic rings. The van der Waals surface area contributed by atoms with Crippen LogP contribution in [0.3, 0.4) is 0 Å². The van der Waals surface area contributed by atoms with E-state index in [0.29, 0.717) is 11.8 Å². The van der Waals surface area contributed by atoms with Crippen LogP contribution in [0.25, 0.3) is 11.5 Å². The van der Waals surface area contributed by atoms with E-state index in [2.05, 4.69) is 27.3 Å². The van der Waals surface area contributed by atoms with Gasteiger partial charge in [-0.3, -0.25) is 4.79 Å². The standard InChI is InChI=1S/C17H25N5O2.CH2O2/c1-5-14(11-21(2)3)18-17(23)22(4)12-15-19-20-16(24-15)13-9-7-6-8-10-13;2-1-3/h6-10,14H,5,11-12H2,1-4H3,(H,18,23);1H,(H,2,3). The summed E-state index contributed by atoms with van der Waals surface area (Å²) in [4.78, 5) is 24.2. The van der Waals surface area contributed by atoms with Gasteiger partial charge in [-0.25, -0.2) is 4.79 Å². The minimum atomic E-state index is -0.250. The van der Waals surface area contributed by atoms with Gasteiger partial charge < -0.3 is 24.6 Å². The Morgan fingerprint density at radius 1 is 1.26 bits per heavy atom. The average molecular weight is 377 g/mol. The lowest BCUT2D eigenvalue weighted by Gasteiger charge is -2.24. The summed E-state index contributed by atoms with van der Waals surface area (Å²) in [6, 6.07) is 9.52. The second kappa shape index (κ2) is 11.6. The number of likely N-dealkylation sites (N-methyl/N-ethyl adjacent to an activating group) is 1. The normalized spacial score (nSPS) is 11.3. The zero-order valence-electron chi connectivity index (χ0n) is 16.1. The molecular formula is C18H27N5O4. The number of hydrogen-bond donors (Lipinski definition) is 2. The van der Waals surface area contributed by atoms with E-state index in [9.17, 15) is 4.79 Å². The highest BCUT2D eigenvalue weighted by molar-refractivity contribution is 5.74. The van der Waals surface area contributed by atoms with Gasteiger partial charge in [-0.05, 0) is 32.6 Å². The number of hydrogen-bond acceptors (Lipinski definition) is 6. The summed E-state index contributed by atoms with van der Waals surface area (Å²) in [5.74, 6) is 0.866. The number of nitrogens with one attached hydrogen (secondary N) is 1. The SMILES string of the molecule is CCC(CN(C)C)NC(=O)N(C)Cc1nnc(-c2ccccc2)o1.O=CO.